The number of rotatable bonds is 5. The van der Waals surface area contributed by atoms with Gasteiger partial charge in [0.05, 0.1) is 28.6 Å². The molecule has 0 fully saturated rings. The minimum Gasteiger partial charge on any atom is -0.349 e. The van der Waals surface area contributed by atoms with Gasteiger partial charge < -0.3 is 9.88 Å². The molecule has 0 saturated heterocycles. The molecule has 0 aliphatic heterocycles. The van der Waals surface area contributed by atoms with E-state index in [1.54, 1.807) is 23.0 Å². The molecule has 1 aromatic carbocycles. The van der Waals surface area contributed by atoms with Crippen LogP contribution in [0.4, 0.5) is 0 Å². The number of amides is 1. The highest BCUT2D eigenvalue weighted by molar-refractivity contribution is 6.32. The second-order valence-corrected chi connectivity index (χ2v) is 6.69. The van der Waals surface area contributed by atoms with Crippen molar-refractivity contribution in [3.63, 3.8) is 0 Å². The summed E-state index contributed by atoms with van der Waals surface area (Å²) in [5.41, 5.74) is 3.43. The maximum atomic E-state index is 12.9. The lowest BCUT2D eigenvalue weighted by Gasteiger charge is -2.09. The molecule has 0 aliphatic rings. The third kappa shape index (κ3) is 3.54. The SMILES string of the molecule is Cn1cccc1-c1cc(C(=O)NCc2ccccn2)n(-c2ccccc2Cl)n1. The van der Waals surface area contributed by atoms with Gasteiger partial charge in [-0.3, -0.25) is 9.78 Å². The number of nitrogens with zero attached hydrogens (tertiary/aromatic N) is 4. The Balaban J connectivity index is 1.72. The number of carbonyl (C=O) groups is 1. The molecule has 4 rings (SSSR count). The predicted octanol–water partition coefficient (Wildman–Crippen LogP) is 3.86. The van der Waals surface area contributed by atoms with E-state index in [0.29, 0.717) is 28.6 Å². The number of hydrogen-bond donors (Lipinski definition) is 1. The lowest BCUT2D eigenvalue weighted by molar-refractivity contribution is 0.0942. The average molecular weight is 392 g/mol. The zero-order valence-electron chi connectivity index (χ0n) is 15.2. The van der Waals surface area contributed by atoms with Gasteiger partial charge in [0.25, 0.3) is 5.91 Å². The predicted molar refractivity (Wildman–Crippen MR) is 108 cm³/mol. The Hall–Kier alpha value is -3.38. The molecule has 0 aliphatic carbocycles. The molecule has 3 aromatic heterocycles. The lowest BCUT2D eigenvalue weighted by Crippen LogP contribution is -2.25. The summed E-state index contributed by atoms with van der Waals surface area (Å²) in [7, 11) is 1.94. The van der Waals surface area contributed by atoms with Crippen molar-refractivity contribution < 1.29 is 4.79 Å². The maximum absolute atomic E-state index is 12.9. The fourth-order valence-electron chi connectivity index (χ4n) is 2.97. The van der Waals surface area contributed by atoms with Crippen LogP contribution in [0.15, 0.2) is 73.1 Å². The van der Waals surface area contributed by atoms with Crippen molar-refractivity contribution in [3.8, 4) is 17.1 Å². The maximum Gasteiger partial charge on any atom is 0.270 e. The molecule has 0 saturated carbocycles. The third-order valence-corrected chi connectivity index (χ3v) is 4.70. The quantitative estimate of drug-likeness (QED) is 0.562. The minimum absolute atomic E-state index is 0.251. The van der Waals surface area contributed by atoms with E-state index in [2.05, 4.69) is 15.4 Å². The van der Waals surface area contributed by atoms with Crippen LogP contribution in [0.5, 0.6) is 0 Å². The molecular formula is C21H18ClN5O. The van der Waals surface area contributed by atoms with Crippen LogP contribution >= 0.6 is 11.6 Å². The third-order valence-electron chi connectivity index (χ3n) is 4.39. The second-order valence-electron chi connectivity index (χ2n) is 6.29. The number of aryl methyl sites for hydroxylation is 1. The Kier molecular flexibility index (Phi) is 4.95. The molecule has 7 heteroatoms. The number of carbonyl (C=O) groups excluding carboxylic acids is 1. The van der Waals surface area contributed by atoms with Gasteiger partial charge in [0.1, 0.15) is 11.4 Å². The first-order chi connectivity index (χ1) is 13.6. The van der Waals surface area contributed by atoms with Gasteiger partial charge in [-0.2, -0.15) is 5.10 Å². The Labute approximate surface area is 167 Å². The smallest absolute Gasteiger partial charge is 0.270 e. The van der Waals surface area contributed by atoms with E-state index < -0.39 is 0 Å². The molecule has 0 bridgehead atoms. The summed E-state index contributed by atoms with van der Waals surface area (Å²) >= 11 is 6.37. The van der Waals surface area contributed by atoms with Crippen molar-refractivity contribution in [3.05, 3.63) is 89.5 Å². The molecule has 6 nitrogen and oxygen atoms in total. The number of nitrogens with one attached hydrogen (secondary N) is 1. The Morgan fingerprint density at radius 1 is 1.11 bits per heavy atom. The van der Waals surface area contributed by atoms with Crippen molar-refractivity contribution in [1.82, 2.24) is 24.6 Å². The summed E-state index contributed by atoms with van der Waals surface area (Å²) in [5.74, 6) is -0.251. The van der Waals surface area contributed by atoms with Crippen LogP contribution in [-0.2, 0) is 13.6 Å². The number of benzene rings is 1. The Morgan fingerprint density at radius 3 is 2.64 bits per heavy atom. The zero-order valence-corrected chi connectivity index (χ0v) is 16.0. The van der Waals surface area contributed by atoms with Gasteiger partial charge in [0.15, 0.2) is 0 Å². The Morgan fingerprint density at radius 2 is 1.93 bits per heavy atom. The van der Waals surface area contributed by atoms with E-state index in [4.69, 9.17) is 11.6 Å². The monoisotopic (exact) mass is 391 g/mol. The molecule has 1 amide bonds. The summed E-state index contributed by atoms with van der Waals surface area (Å²) in [5, 5.41) is 8.08. The normalized spacial score (nSPS) is 10.8. The van der Waals surface area contributed by atoms with Gasteiger partial charge in [-0.15, -0.1) is 0 Å². The largest absolute Gasteiger partial charge is 0.349 e. The van der Waals surface area contributed by atoms with Gasteiger partial charge >= 0.3 is 0 Å². The van der Waals surface area contributed by atoms with E-state index in [9.17, 15) is 4.79 Å². The molecule has 1 N–H and O–H groups in total. The molecule has 0 spiro atoms. The molecule has 28 heavy (non-hydrogen) atoms. The van der Waals surface area contributed by atoms with E-state index >= 15 is 0 Å². The fraction of sp³-hybridized carbons (Fsp3) is 0.0952. The van der Waals surface area contributed by atoms with E-state index in [1.807, 2.05) is 66.3 Å². The van der Waals surface area contributed by atoms with Crippen LogP contribution < -0.4 is 5.32 Å². The van der Waals surface area contributed by atoms with Gasteiger partial charge in [-0.1, -0.05) is 29.8 Å². The van der Waals surface area contributed by atoms with Crippen LogP contribution in [-0.4, -0.2) is 25.2 Å². The minimum atomic E-state index is -0.251. The first-order valence-electron chi connectivity index (χ1n) is 8.78. The summed E-state index contributed by atoms with van der Waals surface area (Å²) in [6, 6.07) is 18.6. The summed E-state index contributed by atoms with van der Waals surface area (Å²) in [6.07, 6.45) is 3.63. The zero-order chi connectivity index (χ0) is 19.5. The van der Waals surface area contributed by atoms with Gasteiger partial charge in [-0.05, 0) is 42.5 Å². The topological polar surface area (TPSA) is 64.7 Å². The molecule has 0 unspecified atom stereocenters. The summed E-state index contributed by atoms with van der Waals surface area (Å²) in [4.78, 5) is 17.2. The average Bonchev–Trinajstić information content (AvgIpc) is 3.33. The first-order valence-corrected chi connectivity index (χ1v) is 9.16. The van der Waals surface area contributed by atoms with Gasteiger partial charge in [-0.25, -0.2) is 4.68 Å². The summed E-state index contributed by atoms with van der Waals surface area (Å²) in [6.45, 7) is 0.326. The molecule has 0 radical (unpaired) electrons. The van der Waals surface area contributed by atoms with Crippen LogP contribution in [0.1, 0.15) is 16.2 Å². The van der Waals surface area contributed by atoms with E-state index in [0.717, 1.165) is 11.4 Å². The van der Waals surface area contributed by atoms with E-state index in [-0.39, 0.29) is 5.91 Å². The van der Waals surface area contributed by atoms with Crippen molar-refractivity contribution in [2.75, 3.05) is 0 Å². The highest BCUT2D eigenvalue weighted by Gasteiger charge is 2.19. The molecule has 3 heterocycles. The van der Waals surface area contributed by atoms with E-state index in [1.165, 1.54) is 0 Å². The summed E-state index contributed by atoms with van der Waals surface area (Å²) < 4.78 is 3.53. The van der Waals surface area contributed by atoms with Crippen LogP contribution in [0.2, 0.25) is 5.02 Å². The number of para-hydroxylation sites is 1. The number of hydrogen-bond acceptors (Lipinski definition) is 3. The molecule has 140 valence electrons. The Bertz CT molecular complexity index is 1120. The second kappa shape index (κ2) is 7.70. The lowest BCUT2D eigenvalue weighted by atomic mass is 10.2. The van der Waals surface area contributed by atoms with Crippen LogP contribution in [0, 0.1) is 0 Å². The van der Waals surface area contributed by atoms with Crippen LogP contribution in [0.3, 0.4) is 0 Å². The molecule has 4 aromatic rings. The number of aromatic nitrogens is 4. The van der Waals surface area contributed by atoms with Gasteiger partial charge in [0, 0.05) is 19.4 Å². The highest BCUT2D eigenvalue weighted by Crippen LogP contribution is 2.25. The fourth-order valence-corrected chi connectivity index (χ4v) is 3.18. The number of halogens is 1. The van der Waals surface area contributed by atoms with Crippen molar-refractivity contribution in [1.29, 1.82) is 0 Å². The van der Waals surface area contributed by atoms with Crippen molar-refractivity contribution in [2.45, 2.75) is 6.54 Å². The molecular weight excluding hydrogens is 374 g/mol. The molecule has 0 atom stereocenters. The highest BCUT2D eigenvalue weighted by atomic mass is 35.5. The van der Waals surface area contributed by atoms with Gasteiger partial charge in [0.2, 0.25) is 0 Å². The van der Waals surface area contributed by atoms with Crippen molar-refractivity contribution >= 4 is 17.5 Å². The van der Waals surface area contributed by atoms with Crippen molar-refractivity contribution in [2.24, 2.45) is 7.05 Å². The van der Waals surface area contributed by atoms with Crippen LogP contribution in [0.25, 0.3) is 17.1 Å². The number of pyridine rings is 1. The first kappa shape index (κ1) is 18.0. The standard InChI is InChI=1S/C21H18ClN5O/c1-26-12-6-10-19(26)17-13-20(21(28)24-14-15-7-4-5-11-23-15)27(25-17)18-9-3-2-8-16(18)22/h2-13H,14H2,1H3,(H,24,28).